The second-order valence-electron chi connectivity index (χ2n) is 7.56. The van der Waals surface area contributed by atoms with Crippen molar-refractivity contribution in [1.29, 1.82) is 0 Å². The third kappa shape index (κ3) is 6.51. The van der Waals surface area contributed by atoms with Gasteiger partial charge in [-0.25, -0.2) is 8.42 Å². The number of benzene rings is 4. The molecule has 35 heavy (non-hydrogen) atoms. The molecule has 0 fully saturated rings. The number of methoxy groups -OCH3 is 1. The fourth-order valence-electron chi connectivity index (χ4n) is 3.22. The third-order valence-electron chi connectivity index (χ3n) is 5.10. The Balaban J connectivity index is 1.60. The SMILES string of the molecule is COc1ccc(C#Cc2ccc(C#C/C(=C/S(=O)(=O)c3ccccc3)c3ccccc3)cc2)cc1. The first-order valence-corrected chi connectivity index (χ1v) is 12.4. The molecule has 0 heterocycles. The van der Waals surface area contributed by atoms with E-state index in [1.54, 1.807) is 37.4 Å². The second kappa shape index (κ2) is 11.1. The summed E-state index contributed by atoms with van der Waals surface area (Å²) < 4.78 is 31.0. The van der Waals surface area contributed by atoms with Crippen LogP contribution in [0.3, 0.4) is 0 Å². The topological polar surface area (TPSA) is 43.4 Å². The molecule has 0 aliphatic heterocycles. The summed E-state index contributed by atoms with van der Waals surface area (Å²) in [6, 6.07) is 32.7. The summed E-state index contributed by atoms with van der Waals surface area (Å²) >= 11 is 0. The van der Waals surface area contributed by atoms with Crippen LogP contribution in [0.5, 0.6) is 5.75 Å². The van der Waals surface area contributed by atoms with Gasteiger partial charge in [0.15, 0.2) is 0 Å². The molecule has 0 aromatic heterocycles. The number of hydrogen-bond donors (Lipinski definition) is 0. The van der Waals surface area contributed by atoms with E-state index in [9.17, 15) is 8.42 Å². The normalized spacial score (nSPS) is 10.9. The van der Waals surface area contributed by atoms with Gasteiger partial charge in [0.2, 0.25) is 9.84 Å². The first kappa shape index (κ1) is 23.6. The van der Waals surface area contributed by atoms with Gasteiger partial charge in [0.05, 0.1) is 17.4 Å². The van der Waals surface area contributed by atoms with Gasteiger partial charge >= 0.3 is 0 Å². The van der Waals surface area contributed by atoms with E-state index in [0.29, 0.717) is 5.57 Å². The monoisotopic (exact) mass is 474 g/mol. The average molecular weight is 475 g/mol. The molecule has 0 N–H and O–H groups in total. The van der Waals surface area contributed by atoms with Crippen molar-refractivity contribution >= 4 is 15.4 Å². The summed E-state index contributed by atoms with van der Waals surface area (Å²) in [4.78, 5) is 0.231. The van der Waals surface area contributed by atoms with Gasteiger partial charge in [0.1, 0.15) is 5.75 Å². The maximum atomic E-state index is 12.9. The lowest BCUT2D eigenvalue weighted by Gasteiger charge is -2.03. The maximum absolute atomic E-state index is 12.9. The Kier molecular flexibility index (Phi) is 7.48. The predicted molar refractivity (Wildman–Crippen MR) is 140 cm³/mol. The summed E-state index contributed by atoms with van der Waals surface area (Å²) in [6.07, 6.45) is 0. The van der Waals surface area contributed by atoms with Gasteiger partial charge in [-0.05, 0) is 66.2 Å². The Hall–Kier alpha value is -4.51. The molecule has 0 radical (unpaired) electrons. The predicted octanol–water partition coefficient (Wildman–Crippen LogP) is 5.96. The van der Waals surface area contributed by atoms with E-state index in [1.807, 2.05) is 78.9 Å². The zero-order chi connectivity index (χ0) is 24.5. The van der Waals surface area contributed by atoms with E-state index in [2.05, 4.69) is 23.7 Å². The van der Waals surface area contributed by atoms with Gasteiger partial charge in [-0.15, -0.1) is 0 Å². The second-order valence-corrected chi connectivity index (χ2v) is 9.36. The highest BCUT2D eigenvalue weighted by Gasteiger charge is 2.12. The van der Waals surface area contributed by atoms with E-state index in [-0.39, 0.29) is 4.90 Å². The Morgan fingerprint density at radius 1 is 0.657 bits per heavy atom. The molecule has 0 amide bonds. The Labute approximate surface area is 206 Å². The molecule has 0 saturated carbocycles. The van der Waals surface area contributed by atoms with Crippen molar-refractivity contribution < 1.29 is 13.2 Å². The van der Waals surface area contributed by atoms with Crippen LogP contribution in [0.15, 0.2) is 119 Å². The highest BCUT2D eigenvalue weighted by molar-refractivity contribution is 7.94. The minimum atomic E-state index is -3.65. The zero-order valence-electron chi connectivity index (χ0n) is 19.1. The molecular formula is C31H22O3S. The lowest BCUT2D eigenvalue weighted by atomic mass is 10.1. The van der Waals surface area contributed by atoms with Crippen molar-refractivity contribution in [2.24, 2.45) is 0 Å². The fourth-order valence-corrected chi connectivity index (χ4v) is 4.39. The molecule has 4 aromatic carbocycles. The molecule has 0 aliphatic rings. The Morgan fingerprint density at radius 3 is 1.69 bits per heavy atom. The van der Waals surface area contributed by atoms with Gasteiger partial charge in [-0.3, -0.25) is 0 Å². The summed E-state index contributed by atoms with van der Waals surface area (Å²) in [5, 5.41) is 1.24. The molecule has 170 valence electrons. The van der Waals surface area contributed by atoms with E-state index in [4.69, 9.17) is 4.74 Å². The molecule has 0 aliphatic carbocycles. The van der Waals surface area contributed by atoms with Crippen LogP contribution in [0.1, 0.15) is 22.3 Å². The summed E-state index contributed by atoms with van der Waals surface area (Å²) in [6.45, 7) is 0. The van der Waals surface area contributed by atoms with Crippen molar-refractivity contribution in [3.8, 4) is 29.4 Å². The lowest BCUT2D eigenvalue weighted by Crippen LogP contribution is -1.97. The van der Waals surface area contributed by atoms with Crippen LogP contribution in [0.4, 0.5) is 0 Å². The standard InChI is InChI=1S/C31H22O3S/c1-34-30-22-19-27(20-23-30)17-14-25-12-15-26(16-13-25)18-21-29(28-8-4-2-5-9-28)24-35(32,33)31-10-6-3-7-11-31/h2-13,15-16,19-20,22-24H,1H3/b29-24-. The van der Waals surface area contributed by atoms with Gasteiger partial charge in [0, 0.05) is 22.3 Å². The number of allylic oxidation sites excluding steroid dienone is 1. The van der Waals surface area contributed by atoms with Crippen LogP contribution >= 0.6 is 0 Å². The quantitative estimate of drug-likeness (QED) is 0.343. The van der Waals surface area contributed by atoms with Crippen molar-refractivity contribution in [3.05, 3.63) is 137 Å². The molecule has 0 saturated heterocycles. The summed E-state index contributed by atoms with van der Waals surface area (Å²) in [5.41, 5.74) is 3.68. The van der Waals surface area contributed by atoms with Gasteiger partial charge in [0.25, 0.3) is 0 Å². The van der Waals surface area contributed by atoms with Crippen molar-refractivity contribution in [3.63, 3.8) is 0 Å². The minimum Gasteiger partial charge on any atom is -0.497 e. The molecule has 0 atom stereocenters. The molecular weight excluding hydrogens is 452 g/mol. The van der Waals surface area contributed by atoms with E-state index < -0.39 is 9.84 Å². The minimum absolute atomic E-state index is 0.231. The zero-order valence-corrected chi connectivity index (χ0v) is 19.9. The van der Waals surface area contributed by atoms with E-state index in [0.717, 1.165) is 28.0 Å². The van der Waals surface area contributed by atoms with Crippen LogP contribution in [0.25, 0.3) is 5.57 Å². The van der Waals surface area contributed by atoms with Crippen molar-refractivity contribution in [2.75, 3.05) is 7.11 Å². The van der Waals surface area contributed by atoms with E-state index in [1.165, 1.54) is 5.41 Å². The molecule has 0 bridgehead atoms. The highest BCUT2D eigenvalue weighted by atomic mass is 32.2. The molecule has 3 nitrogen and oxygen atoms in total. The Morgan fingerprint density at radius 2 is 1.14 bits per heavy atom. The maximum Gasteiger partial charge on any atom is 0.201 e. The average Bonchev–Trinajstić information content (AvgIpc) is 2.91. The van der Waals surface area contributed by atoms with Crippen LogP contribution in [-0.2, 0) is 9.84 Å². The molecule has 0 spiro atoms. The molecule has 0 unspecified atom stereocenters. The van der Waals surface area contributed by atoms with Crippen molar-refractivity contribution in [1.82, 2.24) is 0 Å². The number of ether oxygens (including phenoxy) is 1. The van der Waals surface area contributed by atoms with E-state index >= 15 is 0 Å². The van der Waals surface area contributed by atoms with Crippen LogP contribution in [0, 0.1) is 23.7 Å². The number of sulfone groups is 1. The molecule has 4 rings (SSSR count). The fraction of sp³-hybridized carbons (Fsp3) is 0.0323. The molecule has 4 heteroatoms. The van der Waals surface area contributed by atoms with Crippen molar-refractivity contribution in [2.45, 2.75) is 4.90 Å². The highest BCUT2D eigenvalue weighted by Crippen LogP contribution is 2.20. The third-order valence-corrected chi connectivity index (χ3v) is 6.57. The van der Waals surface area contributed by atoms with Crippen LogP contribution in [-0.4, -0.2) is 15.5 Å². The number of hydrogen-bond acceptors (Lipinski definition) is 3. The Bertz CT molecular complexity index is 1540. The summed E-state index contributed by atoms with van der Waals surface area (Å²) in [7, 11) is -2.02. The molecule has 4 aromatic rings. The first-order valence-electron chi connectivity index (χ1n) is 10.9. The van der Waals surface area contributed by atoms with Gasteiger partial charge < -0.3 is 4.74 Å². The smallest absolute Gasteiger partial charge is 0.201 e. The summed E-state index contributed by atoms with van der Waals surface area (Å²) in [5.74, 6) is 13.2. The number of rotatable bonds is 4. The van der Waals surface area contributed by atoms with Gasteiger partial charge in [-0.2, -0.15) is 0 Å². The van der Waals surface area contributed by atoms with Crippen LogP contribution < -0.4 is 4.74 Å². The largest absolute Gasteiger partial charge is 0.497 e. The van der Waals surface area contributed by atoms with Crippen LogP contribution in [0.2, 0.25) is 0 Å². The lowest BCUT2D eigenvalue weighted by molar-refractivity contribution is 0.415. The first-order chi connectivity index (χ1) is 17.0. The van der Waals surface area contributed by atoms with Gasteiger partial charge in [-0.1, -0.05) is 72.2 Å².